The van der Waals surface area contributed by atoms with Crippen LogP contribution in [0.4, 0.5) is 5.69 Å². The molecule has 1 aliphatic carbocycles. The molecular formula is C33H38Cl3N3O4S. The highest BCUT2D eigenvalue weighted by molar-refractivity contribution is 7.92. The minimum Gasteiger partial charge on any atom is -0.352 e. The summed E-state index contributed by atoms with van der Waals surface area (Å²) in [5, 5.41) is 4.22. The Morgan fingerprint density at radius 3 is 2.18 bits per heavy atom. The first-order valence-corrected chi connectivity index (χ1v) is 17.4. The van der Waals surface area contributed by atoms with Crippen molar-refractivity contribution in [2.45, 2.75) is 82.8 Å². The largest absolute Gasteiger partial charge is 0.352 e. The van der Waals surface area contributed by atoms with Crippen molar-refractivity contribution in [3.63, 3.8) is 0 Å². The Balaban J connectivity index is 1.74. The zero-order valence-corrected chi connectivity index (χ0v) is 28.2. The van der Waals surface area contributed by atoms with Crippen LogP contribution in [0.25, 0.3) is 0 Å². The molecule has 2 amide bonds. The molecule has 3 aromatic carbocycles. The summed E-state index contributed by atoms with van der Waals surface area (Å²) in [4.78, 5) is 29.5. The lowest BCUT2D eigenvalue weighted by atomic mass is 9.95. The molecule has 3 aromatic rings. The van der Waals surface area contributed by atoms with Crippen LogP contribution in [0.5, 0.6) is 0 Å². The number of sulfonamides is 1. The molecule has 4 rings (SSSR count). The smallest absolute Gasteiger partial charge is 0.264 e. The van der Waals surface area contributed by atoms with Crippen molar-refractivity contribution in [2.75, 3.05) is 10.8 Å². The van der Waals surface area contributed by atoms with Crippen molar-refractivity contribution in [2.24, 2.45) is 0 Å². The molecule has 7 nitrogen and oxygen atoms in total. The fourth-order valence-electron chi connectivity index (χ4n) is 5.44. The van der Waals surface area contributed by atoms with Gasteiger partial charge in [0, 0.05) is 17.6 Å². The molecule has 0 radical (unpaired) electrons. The summed E-state index contributed by atoms with van der Waals surface area (Å²) in [6.07, 6.45) is 5.34. The highest BCUT2D eigenvalue weighted by Gasteiger charge is 2.34. The van der Waals surface area contributed by atoms with Gasteiger partial charge in [0.05, 0.1) is 20.6 Å². The zero-order chi connectivity index (χ0) is 32.0. The Bertz CT molecular complexity index is 1590. The standard InChI is InChI=1S/C33H38Cl3N3O4S/c1-4-31(33(41)37-26-8-6-5-7-9-26)38(20-24-11-17-29(35)30(36)19-24)32(40)21-39(27-14-10-22(2)23(3)18-27)44(42,43)28-15-12-25(34)13-16-28/h10-19,26,31H,4-9,20-21H2,1-3H3,(H,37,41). The van der Waals surface area contributed by atoms with Crippen LogP contribution in [0.15, 0.2) is 65.6 Å². The van der Waals surface area contributed by atoms with E-state index in [1.807, 2.05) is 26.8 Å². The van der Waals surface area contributed by atoms with E-state index in [1.54, 1.807) is 30.3 Å². The van der Waals surface area contributed by atoms with Gasteiger partial charge >= 0.3 is 0 Å². The van der Waals surface area contributed by atoms with Gasteiger partial charge in [-0.1, -0.05) is 73.1 Å². The predicted molar refractivity (Wildman–Crippen MR) is 178 cm³/mol. The van der Waals surface area contributed by atoms with Gasteiger partial charge in [-0.3, -0.25) is 13.9 Å². The first-order chi connectivity index (χ1) is 20.9. The van der Waals surface area contributed by atoms with Gasteiger partial charge in [0.1, 0.15) is 12.6 Å². The molecule has 0 spiro atoms. The van der Waals surface area contributed by atoms with E-state index in [4.69, 9.17) is 34.8 Å². The minimum absolute atomic E-state index is 0.00829. The summed E-state index contributed by atoms with van der Waals surface area (Å²) >= 11 is 18.5. The third kappa shape index (κ3) is 8.27. The topological polar surface area (TPSA) is 86.8 Å². The number of hydrogen-bond acceptors (Lipinski definition) is 4. The lowest BCUT2D eigenvalue weighted by Crippen LogP contribution is -2.54. The summed E-state index contributed by atoms with van der Waals surface area (Å²) in [6, 6.07) is 15.3. The quantitative estimate of drug-likeness (QED) is 0.225. The number of amides is 2. The molecule has 0 aliphatic heterocycles. The number of hydrogen-bond donors (Lipinski definition) is 1. The second-order valence-electron chi connectivity index (χ2n) is 11.3. The molecule has 0 saturated heterocycles. The Morgan fingerprint density at radius 1 is 0.886 bits per heavy atom. The zero-order valence-electron chi connectivity index (χ0n) is 25.2. The molecule has 1 fully saturated rings. The fourth-order valence-corrected chi connectivity index (χ4v) is 7.29. The maximum Gasteiger partial charge on any atom is 0.264 e. The minimum atomic E-state index is -4.20. The monoisotopic (exact) mass is 677 g/mol. The number of aryl methyl sites for hydroxylation is 2. The number of halogens is 3. The van der Waals surface area contributed by atoms with Crippen LogP contribution >= 0.6 is 34.8 Å². The van der Waals surface area contributed by atoms with Gasteiger partial charge in [-0.25, -0.2) is 8.42 Å². The molecule has 1 aliphatic rings. The molecule has 44 heavy (non-hydrogen) atoms. The molecular weight excluding hydrogens is 641 g/mol. The maximum absolute atomic E-state index is 14.3. The van der Waals surface area contributed by atoms with Crippen LogP contribution in [-0.2, 0) is 26.2 Å². The van der Waals surface area contributed by atoms with Gasteiger partial charge in [-0.05, 0) is 98.3 Å². The van der Waals surface area contributed by atoms with Crippen molar-refractivity contribution >= 4 is 62.3 Å². The summed E-state index contributed by atoms with van der Waals surface area (Å²) < 4.78 is 29.2. The average Bonchev–Trinajstić information content (AvgIpc) is 2.99. The van der Waals surface area contributed by atoms with Gasteiger partial charge in [0.25, 0.3) is 10.0 Å². The van der Waals surface area contributed by atoms with Crippen LogP contribution in [0.3, 0.4) is 0 Å². The number of carbonyl (C=O) groups excluding carboxylic acids is 2. The van der Waals surface area contributed by atoms with E-state index < -0.39 is 28.5 Å². The third-order valence-electron chi connectivity index (χ3n) is 8.13. The number of nitrogens with zero attached hydrogens (tertiary/aromatic N) is 2. The molecule has 0 aromatic heterocycles. The van der Waals surface area contributed by atoms with E-state index in [0.29, 0.717) is 32.7 Å². The SMILES string of the molecule is CCC(C(=O)NC1CCCCC1)N(Cc1ccc(Cl)c(Cl)c1)C(=O)CN(c1ccc(C)c(C)c1)S(=O)(=O)c1ccc(Cl)cc1. The summed E-state index contributed by atoms with van der Waals surface area (Å²) in [6.45, 7) is 5.16. The van der Waals surface area contributed by atoms with Gasteiger partial charge < -0.3 is 10.2 Å². The van der Waals surface area contributed by atoms with E-state index in [1.165, 1.54) is 29.2 Å². The lowest BCUT2D eigenvalue weighted by molar-refractivity contribution is -0.140. The molecule has 1 unspecified atom stereocenters. The van der Waals surface area contributed by atoms with E-state index in [2.05, 4.69) is 5.32 Å². The van der Waals surface area contributed by atoms with Crippen molar-refractivity contribution in [1.29, 1.82) is 0 Å². The average molecular weight is 679 g/mol. The molecule has 11 heteroatoms. The highest BCUT2D eigenvalue weighted by atomic mass is 35.5. The van der Waals surface area contributed by atoms with Crippen molar-refractivity contribution in [1.82, 2.24) is 10.2 Å². The first-order valence-electron chi connectivity index (χ1n) is 14.8. The number of carbonyl (C=O) groups is 2. The Morgan fingerprint density at radius 2 is 1.57 bits per heavy atom. The number of nitrogens with one attached hydrogen (secondary N) is 1. The van der Waals surface area contributed by atoms with E-state index in [9.17, 15) is 18.0 Å². The Hall–Kier alpha value is -2.78. The second kappa shape index (κ2) is 15.0. The molecule has 0 heterocycles. The molecule has 1 N–H and O–H groups in total. The van der Waals surface area contributed by atoms with Crippen LogP contribution in [0.1, 0.15) is 62.1 Å². The molecule has 1 saturated carbocycles. The van der Waals surface area contributed by atoms with Gasteiger partial charge in [0.2, 0.25) is 11.8 Å². The summed E-state index contributed by atoms with van der Waals surface area (Å²) in [5.41, 5.74) is 2.85. The van der Waals surface area contributed by atoms with Gasteiger partial charge in [-0.2, -0.15) is 0 Å². The normalized spacial score (nSPS) is 14.6. The number of rotatable bonds is 11. The van der Waals surface area contributed by atoms with Crippen molar-refractivity contribution in [3.8, 4) is 0 Å². The van der Waals surface area contributed by atoms with Gasteiger partial charge in [0.15, 0.2) is 0 Å². The Labute approximate surface area is 275 Å². The summed E-state index contributed by atoms with van der Waals surface area (Å²) in [5.74, 6) is -0.788. The molecule has 0 bridgehead atoms. The van der Waals surface area contributed by atoms with Gasteiger partial charge in [-0.15, -0.1) is 0 Å². The van der Waals surface area contributed by atoms with Crippen LogP contribution in [-0.4, -0.2) is 43.8 Å². The van der Waals surface area contributed by atoms with Crippen LogP contribution in [0.2, 0.25) is 15.1 Å². The number of benzene rings is 3. The summed E-state index contributed by atoms with van der Waals surface area (Å²) in [7, 11) is -4.20. The van der Waals surface area contributed by atoms with E-state index >= 15 is 0 Å². The van der Waals surface area contributed by atoms with Crippen molar-refractivity contribution < 1.29 is 18.0 Å². The van der Waals surface area contributed by atoms with Crippen LogP contribution in [0, 0.1) is 13.8 Å². The highest BCUT2D eigenvalue weighted by Crippen LogP contribution is 2.29. The van der Waals surface area contributed by atoms with E-state index in [-0.39, 0.29) is 23.4 Å². The first kappa shape index (κ1) is 34.1. The van der Waals surface area contributed by atoms with E-state index in [0.717, 1.165) is 47.5 Å². The second-order valence-corrected chi connectivity index (χ2v) is 14.4. The molecule has 1 atom stereocenters. The number of anilines is 1. The third-order valence-corrected chi connectivity index (χ3v) is 10.9. The predicted octanol–water partition coefficient (Wildman–Crippen LogP) is 7.72. The maximum atomic E-state index is 14.3. The lowest BCUT2D eigenvalue weighted by Gasteiger charge is -2.34. The van der Waals surface area contributed by atoms with Crippen LogP contribution < -0.4 is 9.62 Å². The Kier molecular flexibility index (Phi) is 11.6. The molecule has 236 valence electrons. The van der Waals surface area contributed by atoms with Crippen molar-refractivity contribution in [3.05, 3.63) is 92.4 Å². The fraction of sp³-hybridized carbons (Fsp3) is 0.394.